The maximum atomic E-state index is 10.7. The van der Waals surface area contributed by atoms with Crippen molar-refractivity contribution < 1.29 is 10.0 Å². The largest absolute Gasteiger partial charge is 0.288 e. The molecule has 0 spiro atoms. The number of benzene rings is 1. The van der Waals surface area contributed by atoms with E-state index in [2.05, 4.69) is 6.92 Å². The van der Waals surface area contributed by atoms with Crippen LogP contribution in [-0.2, 0) is 0 Å². The van der Waals surface area contributed by atoms with Crippen LogP contribution in [0, 0.1) is 0 Å². The summed E-state index contributed by atoms with van der Waals surface area (Å²) in [6, 6.07) is 6.30. The molecule has 1 aromatic carbocycles. The van der Waals surface area contributed by atoms with Gasteiger partial charge in [0, 0.05) is 16.5 Å². The van der Waals surface area contributed by atoms with Gasteiger partial charge in [-0.2, -0.15) is 0 Å². The quantitative estimate of drug-likeness (QED) is 0.380. The van der Waals surface area contributed by atoms with Crippen molar-refractivity contribution in [3.05, 3.63) is 34.9 Å². The molecule has 0 saturated carbocycles. The molecule has 0 fully saturated rings. The van der Waals surface area contributed by atoms with Gasteiger partial charge in [-0.3, -0.25) is 10.0 Å². The van der Waals surface area contributed by atoms with Crippen LogP contribution in [0.5, 0.6) is 0 Å². The number of carbonyl (C=O) groups excluding carboxylic acids is 1. The number of halogens is 2. The Balaban J connectivity index is 0.000000366. The van der Waals surface area contributed by atoms with E-state index in [4.69, 9.17) is 28.4 Å². The zero-order valence-corrected chi connectivity index (χ0v) is 11.3. The van der Waals surface area contributed by atoms with Gasteiger partial charge in [-0.25, -0.2) is 5.48 Å². The van der Waals surface area contributed by atoms with Gasteiger partial charge in [-0.1, -0.05) is 37.4 Å². The lowest BCUT2D eigenvalue weighted by molar-refractivity contribution is 0.0706. The second-order valence-corrected chi connectivity index (χ2v) is 4.16. The number of rotatable bonds is 4. The normalized spacial score (nSPS) is 9.18. The van der Waals surface area contributed by atoms with Crippen LogP contribution >= 0.6 is 23.2 Å². The third-order valence-corrected chi connectivity index (χ3v) is 2.43. The van der Waals surface area contributed by atoms with E-state index in [0.29, 0.717) is 10.6 Å². The number of hydrogen-bond donors (Lipinski definition) is 2. The summed E-state index contributed by atoms with van der Waals surface area (Å²) in [5.41, 5.74) is 1.84. The summed E-state index contributed by atoms with van der Waals surface area (Å²) in [7, 11) is 0. The molecule has 0 unspecified atom stereocenters. The molecule has 0 bridgehead atoms. The van der Waals surface area contributed by atoms with Crippen LogP contribution in [0.2, 0.25) is 5.02 Å². The first-order valence-electron chi connectivity index (χ1n) is 5.41. The van der Waals surface area contributed by atoms with Gasteiger partial charge in [-0.05, 0) is 24.6 Å². The second kappa shape index (κ2) is 10.4. The van der Waals surface area contributed by atoms with Gasteiger partial charge < -0.3 is 0 Å². The van der Waals surface area contributed by atoms with Crippen LogP contribution in [-0.4, -0.2) is 17.0 Å². The predicted molar refractivity (Wildman–Crippen MR) is 70.9 cm³/mol. The number of amides is 1. The monoisotopic (exact) mass is 277 g/mol. The molecule has 5 heteroatoms. The first-order chi connectivity index (χ1) is 8.15. The number of unbranched alkanes of at least 4 members (excludes halogenated alkanes) is 2. The lowest BCUT2D eigenvalue weighted by atomic mass is 10.2. The molecule has 96 valence electrons. The molecule has 17 heavy (non-hydrogen) atoms. The first kappa shape index (κ1) is 16.2. The van der Waals surface area contributed by atoms with E-state index in [1.807, 2.05) is 0 Å². The summed E-state index contributed by atoms with van der Waals surface area (Å²) in [5, 5.41) is 8.70. The third-order valence-electron chi connectivity index (χ3n) is 1.93. The van der Waals surface area contributed by atoms with Gasteiger partial charge in [0.25, 0.3) is 5.91 Å². The van der Waals surface area contributed by atoms with Crippen molar-refractivity contribution in [2.75, 3.05) is 5.88 Å². The molecule has 0 heterocycles. The van der Waals surface area contributed by atoms with E-state index in [-0.39, 0.29) is 0 Å². The number of hydroxylamine groups is 1. The Morgan fingerprint density at radius 1 is 1.41 bits per heavy atom. The summed E-state index contributed by atoms with van der Waals surface area (Å²) >= 11 is 11.0. The fourth-order valence-electron chi connectivity index (χ4n) is 1.04. The molecule has 0 aliphatic carbocycles. The fourth-order valence-corrected chi connectivity index (χ4v) is 1.42. The molecular formula is C12H17Cl2NO2. The lowest BCUT2D eigenvalue weighted by Crippen LogP contribution is -2.18. The molecule has 0 atom stereocenters. The Morgan fingerprint density at radius 3 is 2.53 bits per heavy atom. The minimum atomic E-state index is -0.563. The van der Waals surface area contributed by atoms with Crippen molar-refractivity contribution in [1.82, 2.24) is 5.48 Å². The first-order valence-corrected chi connectivity index (χ1v) is 6.32. The minimum Gasteiger partial charge on any atom is -0.288 e. The summed E-state index contributed by atoms with van der Waals surface area (Å²) in [5.74, 6) is 0.265. The predicted octanol–water partition coefficient (Wildman–Crippen LogP) is 3.87. The van der Waals surface area contributed by atoms with Crippen LogP contribution in [0.25, 0.3) is 0 Å². The molecule has 3 nitrogen and oxygen atoms in total. The van der Waals surface area contributed by atoms with Crippen molar-refractivity contribution in [2.24, 2.45) is 0 Å². The van der Waals surface area contributed by atoms with Crippen molar-refractivity contribution in [3.8, 4) is 0 Å². The minimum absolute atomic E-state index is 0.333. The number of alkyl halides is 1. The SMILES string of the molecule is CCCCCCl.O=C(NO)c1cccc(Cl)c1. The molecule has 0 radical (unpaired) electrons. The second-order valence-electron chi connectivity index (χ2n) is 3.35. The zero-order chi connectivity index (χ0) is 13.1. The molecule has 2 N–H and O–H groups in total. The van der Waals surface area contributed by atoms with Gasteiger partial charge in [0.2, 0.25) is 0 Å². The van der Waals surface area contributed by atoms with Crippen molar-refractivity contribution in [2.45, 2.75) is 26.2 Å². The summed E-state index contributed by atoms with van der Waals surface area (Å²) in [6.45, 7) is 2.17. The van der Waals surface area contributed by atoms with Crippen molar-refractivity contribution in [3.63, 3.8) is 0 Å². The Hall–Kier alpha value is -0.770. The molecule has 0 saturated heterocycles. The van der Waals surface area contributed by atoms with Crippen LogP contribution < -0.4 is 5.48 Å². The van der Waals surface area contributed by atoms with Gasteiger partial charge in [-0.15, -0.1) is 11.6 Å². The summed E-state index contributed by atoms with van der Waals surface area (Å²) in [6.07, 6.45) is 3.73. The average Bonchev–Trinajstić information content (AvgIpc) is 2.36. The van der Waals surface area contributed by atoms with Crippen molar-refractivity contribution in [1.29, 1.82) is 0 Å². The van der Waals surface area contributed by atoms with Crippen LogP contribution in [0.15, 0.2) is 24.3 Å². The Kier molecular flexibility index (Phi) is 9.92. The third kappa shape index (κ3) is 8.02. The lowest BCUT2D eigenvalue weighted by Gasteiger charge is -1.97. The van der Waals surface area contributed by atoms with E-state index in [1.165, 1.54) is 30.8 Å². The van der Waals surface area contributed by atoms with E-state index in [1.54, 1.807) is 18.2 Å². The highest BCUT2D eigenvalue weighted by atomic mass is 35.5. The Bertz CT molecular complexity index is 328. The smallest absolute Gasteiger partial charge is 0.274 e. The van der Waals surface area contributed by atoms with Gasteiger partial charge in [0.15, 0.2) is 0 Å². The topological polar surface area (TPSA) is 49.3 Å². The van der Waals surface area contributed by atoms with Crippen molar-refractivity contribution >= 4 is 29.1 Å². The van der Waals surface area contributed by atoms with E-state index in [0.717, 1.165) is 5.88 Å². The van der Waals surface area contributed by atoms with Gasteiger partial charge >= 0.3 is 0 Å². The van der Waals surface area contributed by atoms with E-state index < -0.39 is 5.91 Å². The Labute approximate surface area is 112 Å². The fraction of sp³-hybridized carbons (Fsp3) is 0.417. The van der Waals surface area contributed by atoms with Gasteiger partial charge in [0.1, 0.15) is 0 Å². The van der Waals surface area contributed by atoms with Crippen LogP contribution in [0.3, 0.4) is 0 Å². The number of nitrogens with one attached hydrogen (secondary N) is 1. The molecular weight excluding hydrogens is 261 g/mol. The van der Waals surface area contributed by atoms with Crippen LogP contribution in [0.1, 0.15) is 36.5 Å². The Morgan fingerprint density at radius 2 is 2.12 bits per heavy atom. The number of hydrogen-bond acceptors (Lipinski definition) is 2. The highest BCUT2D eigenvalue weighted by Crippen LogP contribution is 2.09. The molecule has 1 rings (SSSR count). The van der Waals surface area contributed by atoms with Gasteiger partial charge in [0.05, 0.1) is 0 Å². The summed E-state index contributed by atoms with van der Waals surface area (Å²) < 4.78 is 0. The van der Waals surface area contributed by atoms with E-state index >= 15 is 0 Å². The van der Waals surface area contributed by atoms with E-state index in [9.17, 15) is 4.79 Å². The highest BCUT2D eigenvalue weighted by Gasteiger charge is 2.02. The number of carbonyl (C=O) groups is 1. The maximum absolute atomic E-state index is 10.7. The zero-order valence-electron chi connectivity index (χ0n) is 9.75. The molecule has 0 aliphatic rings. The maximum Gasteiger partial charge on any atom is 0.274 e. The standard InChI is InChI=1S/C7H6ClNO2.C5H11Cl/c8-6-3-1-2-5(4-6)7(10)9-11;1-2-3-4-5-6/h1-4,11H,(H,9,10);2-5H2,1H3. The average molecular weight is 278 g/mol. The highest BCUT2D eigenvalue weighted by molar-refractivity contribution is 6.30. The molecule has 1 amide bonds. The molecule has 1 aromatic rings. The molecule has 0 aromatic heterocycles. The van der Waals surface area contributed by atoms with Crippen LogP contribution in [0.4, 0.5) is 0 Å². The molecule has 0 aliphatic heterocycles. The summed E-state index contributed by atoms with van der Waals surface area (Å²) in [4.78, 5) is 10.7.